The smallest absolute Gasteiger partial charge is 0.306 e. The van der Waals surface area contributed by atoms with E-state index < -0.39 is 59.5 Å². The zero-order valence-electron chi connectivity index (χ0n) is 27.5. The average molecular weight is 658 g/mol. The second kappa shape index (κ2) is 13.9. The van der Waals surface area contributed by atoms with Gasteiger partial charge in [0, 0.05) is 18.7 Å². The van der Waals surface area contributed by atoms with E-state index in [1.165, 1.54) is 4.90 Å². The average Bonchev–Trinajstić information content (AvgIpc) is 3.48. The summed E-state index contributed by atoms with van der Waals surface area (Å²) < 4.78 is 17.7. The largest absolute Gasteiger partial charge is 0.497 e. The van der Waals surface area contributed by atoms with Gasteiger partial charge in [-0.3, -0.25) is 19.2 Å². The van der Waals surface area contributed by atoms with Crippen molar-refractivity contribution in [1.82, 2.24) is 10.2 Å². The molecule has 2 saturated heterocycles. The summed E-state index contributed by atoms with van der Waals surface area (Å²) in [6, 6.07) is 13.8. The molecule has 4 heterocycles. The van der Waals surface area contributed by atoms with Gasteiger partial charge in [-0.05, 0) is 48.6 Å². The molecule has 0 aliphatic carbocycles. The van der Waals surface area contributed by atoms with Crippen molar-refractivity contribution in [3.05, 3.63) is 84.5 Å². The second-order valence-electron chi connectivity index (χ2n) is 13.2. The Morgan fingerprint density at radius 2 is 1.77 bits per heavy atom. The van der Waals surface area contributed by atoms with Gasteiger partial charge in [-0.15, -0.1) is 0 Å². The predicted octanol–water partition coefficient (Wildman–Crippen LogP) is 3.34. The Morgan fingerprint density at radius 3 is 2.46 bits per heavy atom. The molecule has 0 saturated carbocycles. The van der Waals surface area contributed by atoms with E-state index in [4.69, 9.17) is 14.2 Å². The number of esters is 1. The number of carbonyl (C=O) groups excluding carboxylic acids is 4. The molecular formula is C37H43N3O8. The van der Waals surface area contributed by atoms with E-state index in [1.807, 2.05) is 50.3 Å². The molecule has 6 rings (SSSR count). The number of aliphatic hydroxyl groups excluding tert-OH is 1. The molecule has 254 valence electrons. The molecule has 48 heavy (non-hydrogen) atoms. The van der Waals surface area contributed by atoms with Crippen LogP contribution in [0.25, 0.3) is 0 Å². The van der Waals surface area contributed by atoms with Crippen molar-refractivity contribution >= 4 is 29.4 Å². The van der Waals surface area contributed by atoms with Gasteiger partial charge in [0.05, 0.1) is 43.7 Å². The zero-order chi connectivity index (χ0) is 34.0. The van der Waals surface area contributed by atoms with Gasteiger partial charge in [0.1, 0.15) is 24.0 Å². The lowest BCUT2D eigenvalue weighted by Gasteiger charge is -2.39. The highest BCUT2D eigenvalue weighted by Gasteiger charge is 2.72. The normalized spacial score (nSPS) is 30.3. The van der Waals surface area contributed by atoms with Crippen LogP contribution in [0.1, 0.15) is 44.7 Å². The molecule has 11 nitrogen and oxygen atoms in total. The molecule has 7 atom stereocenters. The fraction of sp³-hybridized carbons (Fsp3) is 0.459. The van der Waals surface area contributed by atoms with Gasteiger partial charge in [0.2, 0.25) is 11.8 Å². The van der Waals surface area contributed by atoms with Gasteiger partial charge in [-0.1, -0.05) is 68.5 Å². The first-order chi connectivity index (χ1) is 23.2. The zero-order valence-corrected chi connectivity index (χ0v) is 27.5. The number of nitrogens with one attached hydrogen (secondary N) is 1. The number of amides is 3. The van der Waals surface area contributed by atoms with E-state index in [1.54, 1.807) is 54.5 Å². The van der Waals surface area contributed by atoms with Gasteiger partial charge in [0.15, 0.2) is 0 Å². The summed E-state index contributed by atoms with van der Waals surface area (Å²) in [5, 5.41) is 13.7. The Balaban J connectivity index is 1.45. The summed E-state index contributed by atoms with van der Waals surface area (Å²) in [4.78, 5) is 59.7. The molecule has 0 unspecified atom stereocenters. The Kier molecular flexibility index (Phi) is 9.70. The first-order valence-corrected chi connectivity index (χ1v) is 16.6. The summed E-state index contributed by atoms with van der Waals surface area (Å²) in [7, 11) is 1.57. The number of ether oxygens (including phenoxy) is 3. The molecule has 0 bridgehead atoms. The number of carbonyl (C=O) groups is 4. The maximum absolute atomic E-state index is 14.8. The van der Waals surface area contributed by atoms with Crippen molar-refractivity contribution in [2.75, 3.05) is 31.8 Å². The quantitative estimate of drug-likeness (QED) is 0.342. The lowest BCUT2D eigenvalue weighted by Crippen LogP contribution is -2.58. The highest BCUT2D eigenvalue weighted by atomic mass is 16.5. The van der Waals surface area contributed by atoms with Crippen molar-refractivity contribution in [1.29, 1.82) is 0 Å². The first-order valence-electron chi connectivity index (χ1n) is 16.6. The van der Waals surface area contributed by atoms with Gasteiger partial charge >= 0.3 is 5.97 Å². The van der Waals surface area contributed by atoms with E-state index in [9.17, 15) is 24.3 Å². The van der Waals surface area contributed by atoms with Crippen molar-refractivity contribution in [2.24, 2.45) is 17.8 Å². The summed E-state index contributed by atoms with van der Waals surface area (Å²) in [5.41, 5.74) is -0.142. The monoisotopic (exact) mass is 657 g/mol. The SMILES string of the molecule is COc1ccc(N2CC=C[C@]34O[C@@H]5/C=C\CCC(=O)OC[C@@H](c6ccccc6)NC(=O)[C@@H]5[C@H]3C(=O)N([C@@H](CO)CC(C)C)[C@@H]4C2=O)cc1. The first kappa shape index (κ1) is 33.4. The molecule has 2 aromatic rings. The lowest BCUT2D eigenvalue weighted by atomic mass is 9.77. The van der Waals surface area contributed by atoms with E-state index in [2.05, 4.69) is 5.32 Å². The number of anilines is 1. The third-order valence-corrected chi connectivity index (χ3v) is 9.74. The highest BCUT2D eigenvalue weighted by molar-refractivity contribution is 6.06. The van der Waals surface area contributed by atoms with Crippen LogP contribution < -0.4 is 15.0 Å². The van der Waals surface area contributed by atoms with E-state index in [0.717, 1.165) is 5.56 Å². The summed E-state index contributed by atoms with van der Waals surface area (Å²) in [6.45, 7) is 3.76. The summed E-state index contributed by atoms with van der Waals surface area (Å²) >= 11 is 0. The third-order valence-electron chi connectivity index (χ3n) is 9.74. The second-order valence-corrected chi connectivity index (χ2v) is 13.2. The number of benzene rings is 2. The minimum atomic E-state index is -1.49. The maximum atomic E-state index is 14.8. The molecule has 11 heteroatoms. The molecular weight excluding hydrogens is 614 g/mol. The van der Waals surface area contributed by atoms with E-state index in [0.29, 0.717) is 24.3 Å². The Morgan fingerprint density at radius 1 is 1.02 bits per heavy atom. The fourth-order valence-electron chi connectivity index (χ4n) is 7.58. The fourth-order valence-corrected chi connectivity index (χ4v) is 7.58. The van der Waals surface area contributed by atoms with Crippen LogP contribution in [-0.2, 0) is 28.7 Å². The lowest BCUT2D eigenvalue weighted by molar-refractivity contribution is -0.147. The van der Waals surface area contributed by atoms with Crippen LogP contribution in [-0.4, -0.2) is 84.4 Å². The van der Waals surface area contributed by atoms with E-state index >= 15 is 0 Å². The predicted molar refractivity (Wildman–Crippen MR) is 177 cm³/mol. The van der Waals surface area contributed by atoms with Crippen LogP contribution in [0.2, 0.25) is 0 Å². The molecule has 2 fully saturated rings. The van der Waals surface area contributed by atoms with Gasteiger partial charge in [0.25, 0.3) is 5.91 Å². The van der Waals surface area contributed by atoms with Crippen LogP contribution in [0.3, 0.4) is 0 Å². The molecule has 0 radical (unpaired) electrons. The van der Waals surface area contributed by atoms with Gasteiger partial charge in [-0.2, -0.15) is 0 Å². The number of hydrogen-bond donors (Lipinski definition) is 2. The van der Waals surface area contributed by atoms with Gasteiger partial charge < -0.3 is 34.4 Å². The number of methoxy groups -OCH3 is 1. The number of likely N-dealkylation sites (tertiary alicyclic amines) is 1. The van der Waals surface area contributed by atoms with E-state index in [-0.39, 0.29) is 38.0 Å². The Labute approximate surface area is 280 Å². The minimum absolute atomic E-state index is 0.0781. The van der Waals surface area contributed by atoms with Crippen LogP contribution in [0, 0.1) is 17.8 Å². The number of aliphatic hydroxyl groups is 1. The molecule has 1 spiro atoms. The maximum Gasteiger partial charge on any atom is 0.306 e. The van der Waals surface area contributed by atoms with Crippen LogP contribution in [0.4, 0.5) is 5.69 Å². The number of allylic oxidation sites excluding steroid dienone is 1. The summed E-state index contributed by atoms with van der Waals surface area (Å²) in [6.07, 6.45) is 7.15. The number of cyclic esters (lactones) is 1. The third kappa shape index (κ3) is 6.12. The Bertz CT molecular complexity index is 1570. The number of rotatable bonds is 7. The van der Waals surface area contributed by atoms with Crippen molar-refractivity contribution in [2.45, 2.75) is 62.9 Å². The van der Waals surface area contributed by atoms with Crippen LogP contribution in [0.15, 0.2) is 78.9 Å². The topological polar surface area (TPSA) is 135 Å². The highest BCUT2D eigenvalue weighted by Crippen LogP contribution is 2.54. The van der Waals surface area contributed by atoms with Crippen LogP contribution in [0.5, 0.6) is 5.75 Å². The van der Waals surface area contributed by atoms with Gasteiger partial charge in [-0.25, -0.2) is 0 Å². The number of fused-ring (bicyclic) bond motifs is 2. The molecule has 2 N–H and O–H groups in total. The molecule has 3 amide bonds. The number of hydrogen-bond acceptors (Lipinski definition) is 8. The minimum Gasteiger partial charge on any atom is -0.497 e. The van der Waals surface area contributed by atoms with Crippen molar-refractivity contribution in [3.8, 4) is 5.75 Å². The molecule has 4 aliphatic rings. The van der Waals surface area contributed by atoms with Crippen molar-refractivity contribution in [3.63, 3.8) is 0 Å². The molecule has 4 aliphatic heterocycles. The Hall–Kier alpha value is -4.48. The number of nitrogens with zero attached hydrogens (tertiary/aromatic N) is 2. The molecule has 2 aromatic carbocycles. The van der Waals surface area contributed by atoms with Crippen molar-refractivity contribution < 1.29 is 38.5 Å². The standard InChI is InChI=1S/C37H43N3O8/c1-23(2)20-26(21-41)40-33-36(45)39(25-14-16-27(46-3)17-15-25)19-9-18-37(33)32(35(40)44)31-29(48-37)12-7-8-13-30(42)47-22-28(38-34(31)43)24-10-5-4-6-11-24/h4-7,9-12,14-18,23,26,28-29,31-33,41H,8,13,19-22H2,1-3H3,(H,38,43)/b12-7-/t26-,28+,29-,31+,32+,33-,37+/m1/s1. The summed E-state index contributed by atoms with van der Waals surface area (Å²) in [5.74, 6) is -2.95. The molecule has 0 aromatic heterocycles. The van der Waals surface area contributed by atoms with Crippen LogP contribution >= 0.6 is 0 Å².